The van der Waals surface area contributed by atoms with Crippen LogP contribution in [0.1, 0.15) is 6.92 Å². The Morgan fingerprint density at radius 3 is 2.60 bits per heavy atom. The number of hydrogen-bond donors (Lipinski definition) is 1. The Morgan fingerprint density at radius 2 is 1.97 bits per heavy atom. The van der Waals surface area contributed by atoms with E-state index < -0.39 is 50.5 Å². The first-order chi connectivity index (χ1) is 14.0. The van der Waals surface area contributed by atoms with Crippen LogP contribution in [0.25, 0.3) is 0 Å². The summed E-state index contributed by atoms with van der Waals surface area (Å²) in [6, 6.07) is 6.96. The fraction of sp³-hybridized carbons (Fsp3) is 0.500. The number of benzene rings is 1. The predicted octanol–water partition coefficient (Wildman–Crippen LogP) is 2.74. The van der Waals surface area contributed by atoms with Crippen molar-refractivity contribution in [3.8, 4) is 5.75 Å². The Bertz CT molecular complexity index is 821. The molecule has 0 aliphatic carbocycles. The first kappa shape index (κ1) is 23.6. The SMILES string of the molecule is CC1(Cl)CS[C@H]2C(NC(=O)COc3ccccc3)C(=O)N2C1C(=O)OCC(Cl)(Cl)Cl. The average Bonchev–Trinajstić information content (AvgIpc) is 2.68. The van der Waals surface area contributed by atoms with Gasteiger partial charge in [0.1, 0.15) is 23.8 Å². The highest BCUT2D eigenvalue weighted by molar-refractivity contribution is 8.00. The zero-order valence-corrected chi connectivity index (χ0v) is 19.5. The van der Waals surface area contributed by atoms with Crippen molar-refractivity contribution < 1.29 is 23.9 Å². The van der Waals surface area contributed by atoms with Gasteiger partial charge in [0.05, 0.1) is 4.87 Å². The molecule has 0 saturated carbocycles. The smallest absolute Gasteiger partial charge is 0.330 e. The standard InChI is InChI=1S/C18H18Cl4N2O5S/c1-17(19)9-30-15-12(23-11(25)7-28-10-5-3-2-4-6-10)14(26)24(15)13(17)16(27)29-8-18(20,21)22/h2-6,12-13,15H,7-9H2,1H3,(H,23,25)/t12?,13?,15-,17?/m0/s1. The van der Waals surface area contributed by atoms with Crippen molar-refractivity contribution in [3.63, 3.8) is 0 Å². The number of carbonyl (C=O) groups is 3. The molecule has 2 fully saturated rings. The van der Waals surface area contributed by atoms with Crippen LogP contribution in [0, 0.1) is 0 Å². The molecular formula is C18H18Cl4N2O5S. The van der Waals surface area contributed by atoms with Crippen LogP contribution in [0.2, 0.25) is 0 Å². The number of alkyl halides is 4. The molecule has 3 rings (SSSR count). The molecule has 12 heteroatoms. The molecule has 1 aromatic carbocycles. The fourth-order valence-corrected chi connectivity index (χ4v) is 5.12. The highest BCUT2D eigenvalue weighted by Crippen LogP contribution is 2.45. The topological polar surface area (TPSA) is 84.9 Å². The molecule has 0 radical (unpaired) electrons. The van der Waals surface area contributed by atoms with Crippen molar-refractivity contribution in [2.75, 3.05) is 19.0 Å². The van der Waals surface area contributed by atoms with E-state index in [2.05, 4.69) is 5.32 Å². The number of esters is 1. The van der Waals surface area contributed by atoms with E-state index in [9.17, 15) is 14.4 Å². The Kier molecular flexibility index (Phi) is 7.24. The third-order valence-corrected chi connectivity index (χ3v) is 6.93. The zero-order valence-electron chi connectivity index (χ0n) is 15.6. The molecule has 0 spiro atoms. The largest absolute Gasteiger partial charge is 0.484 e. The number of β-lactam (4-membered cyclic amide) rings is 1. The summed E-state index contributed by atoms with van der Waals surface area (Å²) in [5.74, 6) is -0.774. The lowest BCUT2D eigenvalue weighted by Gasteiger charge is -2.56. The molecule has 164 valence electrons. The van der Waals surface area contributed by atoms with E-state index in [4.69, 9.17) is 55.9 Å². The molecule has 2 amide bonds. The molecular weight excluding hydrogens is 498 g/mol. The summed E-state index contributed by atoms with van der Waals surface area (Å²) in [4.78, 5) is 37.8. The molecule has 3 unspecified atom stereocenters. The highest BCUT2D eigenvalue weighted by atomic mass is 35.6. The number of rotatable bonds is 6. The first-order valence-electron chi connectivity index (χ1n) is 8.83. The van der Waals surface area contributed by atoms with Crippen molar-refractivity contribution in [2.24, 2.45) is 0 Å². The summed E-state index contributed by atoms with van der Waals surface area (Å²) in [5, 5.41) is 2.18. The van der Waals surface area contributed by atoms with E-state index in [1.807, 2.05) is 6.07 Å². The normalized spacial score (nSPS) is 28.2. The van der Waals surface area contributed by atoms with Gasteiger partial charge in [0.25, 0.3) is 5.91 Å². The summed E-state index contributed by atoms with van der Waals surface area (Å²) < 4.78 is 8.66. The van der Waals surface area contributed by atoms with Crippen LogP contribution in [-0.4, -0.2) is 67.8 Å². The number of nitrogens with one attached hydrogen (secondary N) is 1. The molecule has 0 bridgehead atoms. The van der Waals surface area contributed by atoms with Gasteiger partial charge in [0.2, 0.25) is 9.70 Å². The fourth-order valence-electron chi connectivity index (χ4n) is 3.16. The zero-order chi connectivity index (χ0) is 22.1. The van der Waals surface area contributed by atoms with Gasteiger partial charge in [-0.25, -0.2) is 4.79 Å². The summed E-state index contributed by atoms with van der Waals surface area (Å²) >= 11 is 24.7. The summed E-state index contributed by atoms with van der Waals surface area (Å²) in [6.45, 7) is 0.913. The number of amides is 2. The van der Waals surface area contributed by atoms with Gasteiger partial charge < -0.3 is 19.7 Å². The second-order valence-corrected chi connectivity index (χ2v) is 11.5. The Hall–Kier alpha value is -1.06. The van der Waals surface area contributed by atoms with E-state index in [1.54, 1.807) is 31.2 Å². The maximum atomic E-state index is 12.7. The van der Waals surface area contributed by atoms with Gasteiger partial charge in [0, 0.05) is 5.75 Å². The minimum Gasteiger partial charge on any atom is -0.484 e. The second-order valence-electron chi connectivity index (χ2n) is 7.00. The predicted molar refractivity (Wildman–Crippen MR) is 116 cm³/mol. The van der Waals surface area contributed by atoms with Crippen molar-refractivity contribution in [2.45, 2.75) is 33.0 Å². The van der Waals surface area contributed by atoms with Crippen LogP contribution in [-0.2, 0) is 19.1 Å². The molecule has 1 aromatic rings. The summed E-state index contributed by atoms with van der Waals surface area (Å²) in [5.41, 5.74) is 0. The van der Waals surface area contributed by atoms with Crippen molar-refractivity contribution in [3.05, 3.63) is 30.3 Å². The third kappa shape index (κ3) is 5.40. The van der Waals surface area contributed by atoms with Gasteiger partial charge in [0.15, 0.2) is 12.6 Å². The number of halogens is 4. The Labute approximate surface area is 197 Å². The van der Waals surface area contributed by atoms with Gasteiger partial charge in [-0.1, -0.05) is 53.0 Å². The van der Waals surface area contributed by atoms with Gasteiger partial charge in [-0.15, -0.1) is 23.4 Å². The molecule has 2 saturated heterocycles. The van der Waals surface area contributed by atoms with Crippen LogP contribution in [0.15, 0.2) is 30.3 Å². The maximum absolute atomic E-state index is 12.7. The van der Waals surface area contributed by atoms with Crippen molar-refractivity contribution in [1.29, 1.82) is 0 Å². The molecule has 2 heterocycles. The van der Waals surface area contributed by atoms with E-state index in [0.717, 1.165) is 0 Å². The molecule has 4 atom stereocenters. The van der Waals surface area contributed by atoms with Gasteiger partial charge in [-0.2, -0.15) is 0 Å². The third-order valence-electron chi connectivity index (χ3n) is 4.50. The Balaban J connectivity index is 1.61. The van der Waals surface area contributed by atoms with Crippen LogP contribution >= 0.6 is 58.2 Å². The lowest BCUT2D eigenvalue weighted by molar-refractivity contribution is -0.167. The number of carbonyl (C=O) groups excluding carboxylic acids is 3. The second kappa shape index (κ2) is 9.20. The van der Waals surface area contributed by atoms with E-state index in [-0.39, 0.29) is 6.61 Å². The number of fused-ring (bicyclic) bond motifs is 1. The molecule has 1 N–H and O–H groups in total. The average molecular weight is 516 g/mol. The molecule has 2 aliphatic heterocycles. The van der Waals surface area contributed by atoms with Crippen LogP contribution < -0.4 is 10.1 Å². The lowest BCUT2D eigenvalue weighted by Crippen LogP contribution is -2.78. The van der Waals surface area contributed by atoms with Crippen molar-refractivity contribution in [1.82, 2.24) is 10.2 Å². The van der Waals surface area contributed by atoms with E-state index in [1.165, 1.54) is 16.7 Å². The number of para-hydroxylation sites is 1. The molecule has 7 nitrogen and oxygen atoms in total. The van der Waals surface area contributed by atoms with Gasteiger partial charge >= 0.3 is 5.97 Å². The molecule has 2 aliphatic rings. The van der Waals surface area contributed by atoms with E-state index >= 15 is 0 Å². The highest BCUT2D eigenvalue weighted by Gasteiger charge is 2.61. The summed E-state index contributed by atoms with van der Waals surface area (Å²) in [7, 11) is 0. The number of nitrogens with zero attached hydrogens (tertiary/aromatic N) is 1. The molecule has 30 heavy (non-hydrogen) atoms. The minimum atomic E-state index is -1.78. The lowest BCUT2D eigenvalue weighted by atomic mass is 9.94. The first-order valence-corrected chi connectivity index (χ1v) is 11.4. The van der Waals surface area contributed by atoms with Crippen molar-refractivity contribution >= 4 is 75.9 Å². The quantitative estimate of drug-likeness (QED) is 0.356. The minimum absolute atomic E-state index is 0.243. The molecule has 0 aromatic heterocycles. The number of thioether (sulfide) groups is 1. The van der Waals surface area contributed by atoms with Gasteiger partial charge in [-0.05, 0) is 19.1 Å². The van der Waals surface area contributed by atoms with Crippen LogP contribution in [0.4, 0.5) is 0 Å². The Morgan fingerprint density at radius 1 is 1.30 bits per heavy atom. The van der Waals surface area contributed by atoms with Crippen LogP contribution in [0.3, 0.4) is 0 Å². The number of hydrogen-bond acceptors (Lipinski definition) is 6. The monoisotopic (exact) mass is 514 g/mol. The summed E-state index contributed by atoms with van der Waals surface area (Å²) in [6.07, 6.45) is 0. The van der Waals surface area contributed by atoms with Gasteiger partial charge in [-0.3, -0.25) is 9.59 Å². The number of ether oxygens (including phenoxy) is 2. The maximum Gasteiger partial charge on any atom is 0.330 e. The van der Waals surface area contributed by atoms with E-state index in [0.29, 0.717) is 11.5 Å². The van der Waals surface area contributed by atoms with Crippen LogP contribution in [0.5, 0.6) is 5.75 Å².